The average Bonchev–Trinajstić information content (AvgIpc) is 2.64. The van der Waals surface area contributed by atoms with Crippen molar-refractivity contribution in [2.24, 2.45) is 0 Å². The fourth-order valence-electron chi connectivity index (χ4n) is 2.41. The van der Waals surface area contributed by atoms with Crippen molar-refractivity contribution >= 4 is 11.6 Å². The molecule has 0 aromatic heterocycles. The first-order chi connectivity index (χ1) is 11.7. The number of nitrogens with zero attached hydrogens (tertiary/aromatic N) is 1. The van der Waals surface area contributed by atoms with E-state index in [-0.39, 0.29) is 25.0 Å². The Morgan fingerprint density at radius 3 is 2.46 bits per heavy atom. The topological polar surface area (TPSA) is 85.2 Å². The van der Waals surface area contributed by atoms with Crippen molar-refractivity contribution in [3.63, 3.8) is 0 Å². The summed E-state index contributed by atoms with van der Waals surface area (Å²) in [7, 11) is 0. The van der Waals surface area contributed by atoms with E-state index in [1.165, 1.54) is 0 Å². The number of carbonyl (C=O) groups is 1. The van der Waals surface area contributed by atoms with Crippen LogP contribution in [0.5, 0.6) is 0 Å². The molecule has 1 amide bonds. The fraction of sp³-hybridized carbons (Fsp3) is 0.263. The van der Waals surface area contributed by atoms with Gasteiger partial charge in [0, 0.05) is 24.8 Å². The predicted molar refractivity (Wildman–Crippen MR) is 93.5 cm³/mol. The van der Waals surface area contributed by atoms with Gasteiger partial charge in [0.1, 0.15) is 0 Å². The van der Waals surface area contributed by atoms with E-state index in [4.69, 9.17) is 5.26 Å². The number of carbonyl (C=O) groups excluding carboxylic acids is 1. The second-order valence-corrected chi connectivity index (χ2v) is 5.47. The maximum absolute atomic E-state index is 12.0. The lowest BCUT2D eigenvalue weighted by molar-refractivity contribution is -0.119. The van der Waals surface area contributed by atoms with Gasteiger partial charge in [-0.05, 0) is 36.2 Å². The van der Waals surface area contributed by atoms with Gasteiger partial charge in [-0.3, -0.25) is 4.79 Å². The van der Waals surface area contributed by atoms with Crippen molar-refractivity contribution in [2.75, 3.05) is 25.0 Å². The predicted octanol–water partition coefficient (Wildman–Crippen LogP) is 2.25. The van der Waals surface area contributed by atoms with E-state index in [2.05, 4.69) is 16.7 Å². The van der Waals surface area contributed by atoms with Gasteiger partial charge in [-0.1, -0.05) is 30.3 Å². The van der Waals surface area contributed by atoms with E-state index < -0.39 is 0 Å². The SMILES string of the molecule is N#Cc1ccc(NCC(=O)NCC(CCO)c2ccccc2)cc1. The van der Waals surface area contributed by atoms with Crippen LogP contribution in [0.4, 0.5) is 5.69 Å². The van der Waals surface area contributed by atoms with Gasteiger partial charge in [0.25, 0.3) is 0 Å². The zero-order valence-corrected chi connectivity index (χ0v) is 13.4. The van der Waals surface area contributed by atoms with Crippen molar-refractivity contribution in [3.05, 3.63) is 65.7 Å². The molecule has 124 valence electrons. The van der Waals surface area contributed by atoms with Gasteiger partial charge < -0.3 is 15.7 Å². The molecule has 2 aromatic rings. The number of rotatable bonds is 8. The average molecular weight is 323 g/mol. The Kier molecular flexibility index (Phi) is 6.81. The fourth-order valence-corrected chi connectivity index (χ4v) is 2.41. The Morgan fingerprint density at radius 2 is 1.83 bits per heavy atom. The van der Waals surface area contributed by atoms with Crippen LogP contribution in [0.2, 0.25) is 0 Å². The van der Waals surface area contributed by atoms with Crippen LogP contribution >= 0.6 is 0 Å². The number of aliphatic hydroxyl groups excluding tert-OH is 1. The smallest absolute Gasteiger partial charge is 0.239 e. The first-order valence-electron chi connectivity index (χ1n) is 7.89. The summed E-state index contributed by atoms with van der Waals surface area (Å²) >= 11 is 0. The molecule has 0 saturated carbocycles. The molecule has 1 unspecified atom stereocenters. The number of nitrogens with one attached hydrogen (secondary N) is 2. The lowest BCUT2D eigenvalue weighted by Gasteiger charge is -2.17. The summed E-state index contributed by atoms with van der Waals surface area (Å²) in [5, 5.41) is 23.9. The molecular formula is C19H21N3O2. The molecule has 0 spiro atoms. The van der Waals surface area contributed by atoms with E-state index in [0.29, 0.717) is 18.5 Å². The van der Waals surface area contributed by atoms with Crippen LogP contribution in [0.3, 0.4) is 0 Å². The van der Waals surface area contributed by atoms with Gasteiger partial charge in [-0.25, -0.2) is 0 Å². The number of hydrogen-bond acceptors (Lipinski definition) is 4. The van der Waals surface area contributed by atoms with E-state index in [1.807, 2.05) is 30.3 Å². The normalized spacial score (nSPS) is 11.3. The summed E-state index contributed by atoms with van der Waals surface area (Å²) < 4.78 is 0. The lowest BCUT2D eigenvalue weighted by atomic mass is 9.96. The van der Waals surface area contributed by atoms with E-state index >= 15 is 0 Å². The summed E-state index contributed by atoms with van der Waals surface area (Å²) in [4.78, 5) is 12.0. The maximum Gasteiger partial charge on any atom is 0.239 e. The van der Waals surface area contributed by atoms with Crippen LogP contribution in [0.25, 0.3) is 0 Å². The summed E-state index contributed by atoms with van der Waals surface area (Å²) in [6.07, 6.45) is 0.605. The number of benzene rings is 2. The van der Waals surface area contributed by atoms with Gasteiger partial charge in [0.2, 0.25) is 5.91 Å². The zero-order chi connectivity index (χ0) is 17.2. The van der Waals surface area contributed by atoms with Crippen LogP contribution < -0.4 is 10.6 Å². The highest BCUT2D eigenvalue weighted by atomic mass is 16.3. The molecule has 0 fully saturated rings. The molecule has 1 atom stereocenters. The third kappa shape index (κ3) is 5.41. The van der Waals surface area contributed by atoms with E-state index in [1.54, 1.807) is 24.3 Å². The third-order valence-electron chi connectivity index (χ3n) is 3.76. The first-order valence-corrected chi connectivity index (χ1v) is 7.89. The third-order valence-corrected chi connectivity index (χ3v) is 3.76. The highest BCUT2D eigenvalue weighted by molar-refractivity contribution is 5.80. The standard InChI is InChI=1S/C19H21N3O2/c20-12-15-6-8-18(9-7-15)21-14-19(24)22-13-17(10-11-23)16-4-2-1-3-5-16/h1-9,17,21,23H,10-11,13-14H2,(H,22,24). The Balaban J connectivity index is 1.81. The second kappa shape index (κ2) is 9.33. The first kappa shape index (κ1) is 17.5. The minimum Gasteiger partial charge on any atom is -0.396 e. The van der Waals surface area contributed by atoms with Crippen LogP contribution in [-0.4, -0.2) is 30.7 Å². The van der Waals surface area contributed by atoms with Crippen LogP contribution in [0.1, 0.15) is 23.5 Å². The number of aliphatic hydroxyl groups is 1. The van der Waals surface area contributed by atoms with Gasteiger partial charge in [-0.15, -0.1) is 0 Å². The largest absolute Gasteiger partial charge is 0.396 e. The van der Waals surface area contributed by atoms with Crippen LogP contribution in [0.15, 0.2) is 54.6 Å². The Labute approximate surface area is 141 Å². The van der Waals surface area contributed by atoms with Gasteiger partial charge >= 0.3 is 0 Å². The molecular weight excluding hydrogens is 302 g/mol. The minimum atomic E-state index is -0.113. The van der Waals surface area contributed by atoms with Crippen molar-refractivity contribution < 1.29 is 9.90 Å². The number of hydrogen-bond donors (Lipinski definition) is 3. The van der Waals surface area contributed by atoms with Crippen molar-refractivity contribution in [1.29, 1.82) is 5.26 Å². The maximum atomic E-state index is 12.0. The summed E-state index contributed by atoms with van der Waals surface area (Å²) in [6, 6.07) is 18.8. The minimum absolute atomic E-state index is 0.0823. The molecule has 0 radical (unpaired) electrons. The number of nitriles is 1. The Bertz CT molecular complexity index is 678. The van der Waals surface area contributed by atoms with Crippen molar-refractivity contribution in [3.8, 4) is 6.07 Å². The van der Waals surface area contributed by atoms with Crippen LogP contribution in [0, 0.1) is 11.3 Å². The van der Waals surface area contributed by atoms with Gasteiger partial charge in [0.15, 0.2) is 0 Å². The zero-order valence-electron chi connectivity index (χ0n) is 13.4. The molecule has 2 rings (SSSR count). The van der Waals surface area contributed by atoms with E-state index in [0.717, 1.165) is 11.3 Å². The summed E-state index contributed by atoms with van der Waals surface area (Å²) in [5.41, 5.74) is 2.48. The van der Waals surface area contributed by atoms with Crippen molar-refractivity contribution in [2.45, 2.75) is 12.3 Å². The quantitative estimate of drug-likeness (QED) is 0.695. The molecule has 0 aliphatic heterocycles. The van der Waals surface area contributed by atoms with Gasteiger partial charge in [-0.2, -0.15) is 5.26 Å². The second-order valence-electron chi connectivity index (χ2n) is 5.47. The molecule has 0 aliphatic carbocycles. The summed E-state index contributed by atoms with van der Waals surface area (Å²) in [5.74, 6) is -0.0201. The number of amides is 1. The Hall–Kier alpha value is -2.84. The summed E-state index contributed by atoms with van der Waals surface area (Å²) in [6.45, 7) is 0.726. The highest BCUT2D eigenvalue weighted by Gasteiger charge is 2.12. The number of anilines is 1. The molecule has 2 aromatic carbocycles. The molecule has 3 N–H and O–H groups in total. The molecule has 24 heavy (non-hydrogen) atoms. The van der Waals surface area contributed by atoms with Crippen LogP contribution in [-0.2, 0) is 4.79 Å². The molecule has 0 aliphatic rings. The molecule has 5 nitrogen and oxygen atoms in total. The Morgan fingerprint density at radius 1 is 1.12 bits per heavy atom. The van der Waals surface area contributed by atoms with E-state index in [9.17, 15) is 9.90 Å². The molecule has 0 heterocycles. The molecule has 5 heteroatoms. The monoisotopic (exact) mass is 323 g/mol. The lowest BCUT2D eigenvalue weighted by Crippen LogP contribution is -2.33. The molecule has 0 saturated heterocycles. The molecule has 0 bridgehead atoms. The van der Waals surface area contributed by atoms with Gasteiger partial charge in [0.05, 0.1) is 18.2 Å². The highest BCUT2D eigenvalue weighted by Crippen LogP contribution is 2.18. The van der Waals surface area contributed by atoms with Crippen molar-refractivity contribution in [1.82, 2.24) is 5.32 Å².